The number of carbonyl (C=O) groups is 2. The van der Waals surface area contributed by atoms with E-state index < -0.39 is 12.0 Å². The van der Waals surface area contributed by atoms with Gasteiger partial charge in [-0.25, -0.2) is 4.98 Å². The molecular formula is C17H27N3O3S. The van der Waals surface area contributed by atoms with Crippen molar-refractivity contribution in [1.82, 2.24) is 9.88 Å². The van der Waals surface area contributed by atoms with E-state index in [1.807, 2.05) is 24.1 Å². The van der Waals surface area contributed by atoms with Gasteiger partial charge in [0.15, 0.2) is 5.13 Å². The maximum Gasteiger partial charge on any atom is 0.317 e. The number of carboxylic acids is 1. The van der Waals surface area contributed by atoms with E-state index in [0.717, 1.165) is 37.2 Å². The summed E-state index contributed by atoms with van der Waals surface area (Å²) in [7, 11) is 0. The van der Waals surface area contributed by atoms with Crippen molar-refractivity contribution in [2.45, 2.75) is 64.5 Å². The Morgan fingerprint density at radius 3 is 2.62 bits per heavy atom. The lowest BCUT2D eigenvalue weighted by Gasteiger charge is -2.36. The Bertz CT molecular complexity index is 529. The van der Waals surface area contributed by atoms with Crippen molar-refractivity contribution in [3.63, 3.8) is 0 Å². The lowest BCUT2D eigenvalue weighted by atomic mass is 9.94. The molecule has 24 heavy (non-hydrogen) atoms. The summed E-state index contributed by atoms with van der Waals surface area (Å²) in [6, 6.07) is -0.292. The van der Waals surface area contributed by atoms with Crippen molar-refractivity contribution in [3.8, 4) is 0 Å². The highest BCUT2D eigenvalue weighted by molar-refractivity contribution is 7.13. The van der Waals surface area contributed by atoms with Crippen molar-refractivity contribution in [2.75, 3.05) is 18.0 Å². The molecule has 0 saturated heterocycles. The van der Waals surface area contributed by atoms with Crippen LogP contribution >= 0.6 is 11.3 Å². The van der Waals surface area contributed by atoms with Crippen LogP contribution in [-0.4, -0.2) is 52.0 Å². The molecule has 1 N–H and O–H groups in total. The smallest absolute Gasteiger partial charge is 0.317 e. The molecular weight excluding hydrogens is 326 g/mol. The molecule has 0 radical (unpaired) electrons. The first-order valence-corrected chi connectivity index (χ1v) is 9.61. The topological polar surface area (TPSA) is 73.7 Å². The van der Waals surface area contributed by atoms with Gasteiger partial charge in [0.1, 0.15) is 0 Å². The summed E-state index contributed by atoms with van der Waals surface area (Å²) in [6.45, 7) is 4.28. The van der Waals surface area contributed by atoms with E-state index in [9.17, 15) is 9.59 Å². The minimum Gasteiger partial charge on any atom is -0.480 e. The molecule has 1 heterocycles. The van der Waals surface area contributed by atoms with Gasteiger partial charge in [-0.3, -0.25) is 19.4 Å². The predicted octanol–water partition coefficient (Wildman–Crippen LogP) is 2.99. The first-order chi connectivity index (χ1) is 11.5. The van der Waals surface area contributed by atoms with Gasteiger partial charge in [-0.2, -0.15) is 0 Å². The number of aliphatic carboxylic acids is 1. The van der Waals surface area contributed by atoms with Crippen LogP contribution in [0, 0.1) is 0 Å². The van der Waals surface area contributed by atoms with Crippen LogP contribution in [0.25, 0.3) is 0 Å². The highest BCUT2D eigenvalue weighted by atomic mass is 32.1. The van der Waals surface area contributed by atoms with E-state index in [1.165, 1.54) is 17.8 Å². The Balaban J connectivity index is 2.20. The number of carbonyl (C=O) groups excluding carboxylic acids is 1. The molecule has 1 aliphatic carbocycles. The molecule has 1 saturated carbocycles. The average Bonchev–Trinajstić information content (AvgIpc) is 3.08. The van der Waals surface area contributed by atoms with E-state index in [1.54, 1.807) is 11.1 Å². The SMILES string of the molecule is CCCN(CC(=O)O)C(C)C(=O)N(c1nccs1)C1CCCCC1. The van der Waals surface area contributed by atoms with Crippen LogP contribution in [0.1, 0.15) is 52.4 Å². The molecule has 1 fully saturated rings. The van der Waals surface area contributed by atoms with Gasteiger partial charge in [0.25, 0.3) is 0 Å². The quantitative estimate of drug-likeness (QED) is 0.778. The van der Waals surface area contributed by atoms with Crippen LogP contribution in [0.4, 0.5) is 5.13 Å². The highest BCUT2D eigenvalue weighted by Gasteiger charge is 2.34. The van der Waals surface area contributed by atoms with Crippen LogP contribution in [0.5, 0.6) is 0 Å². The van der Waals surface area contributed by atoms with E-state index in [0.29, 0.717) is 6.54 Å². The summed E-state index contributed by atoms with van der Waals surface area (Å²) in [5.74, 6) is -0.937. The Kier molecular flexibility index (Phi) is 7.17. The lowest BCUT2D eigenvalue weighted by Crippen LogP contribution is -2.52. The average molecular weight is 353 g/mol. The van der Waals surface area contributed by atoms with Crippen molar-refractivity contribution >= 4 is 28.3 Å². The van der Waals surface area contributed by atoms with Crippen LogP contribution in [0.2, 0.25) is 0 Å². The summed E-state index contributed by atoms with van der Waals surface area (Å²) in [6.07, 6.45) is 7.98. The van der Waals surface area contributed by atoms with Gasteiger partial charge in [-0.05, 0) is 32.7 Å². The minimum atomic E-state index is -0.901. The van der Waals surface area contributed by atoms with Crippen molar-refractivity contribution in [1.29, 1.82) is 0 Å². The highest BCUT2D eigenvalue weighted by Crippen LogP contribution is 2.29. The first-order valence-electron chi connectivity index (χ1n) is 8.73. The number of hydrogen-bond acceptors (Lipinski definition) is 5. The van der Waals surface area contributed by atoms with Gasteiger partial charge in [-0.1, -0.05) is 26.2 Å². The molecule has 0 spiro atoms. The zero-order chi connectivity index (χ0) is 17.5. The molecule has 6 nitrogen and oxygen atoms in total. The third-order valence-corrected chi connectivity index (χ3v) is 5.33. The fourth-order valence-corrected chi connectivity index (χ4v) is 4.05. The summed E-state index contributed by atoms with van der Waals surface area (Å²) in [4.78, 5) is 32.3. The fraction of sp³-hybridized carbons (Fsp3) is 0.706. The third-order valence-electron chi connectivity index (χ3n) is 4.56. The Hall–Kier alpha value is -1.47. The van der Waals surface area contributed by atoms with E-state index >= 15 is 0 Å². The maximum absolute atomic E-state index is 13.2. The standard InChI is InChI=1S/C17H27N3O3S/c1-3-10-19(12-15(21)22)13(2)16(23)20(17-18-9-11-24-17)14-7-5-4-6-8-14/h9,11,13-14H,3-8,10,12H2,1-2H3,(H,21,22). The normalized spacial score (nSPS) is 17.0. The maximum atomic E-state index is 13.2. The molecule has 2 rings (SSSR count). The van der Waals surface area contributed by atoms with Crippen LogP contribution in [0.15, 0.2) is 11.6 Å². The molecule has 7 heteroatoms. The largest absolute Gasteiger partial charge is 0.480 e. The second-order valence-corrected chi connectivity index (χ2v) is 7.23. The molecule has 1 atom stereocenters. The number of carboxylic acid groups (broad SMARTS) is 1. The van der Waals surface area contributed by atoms with E-state index in [4.69, 9.17) is 5.11 Å². The van der Waals surface area contributed by atoms with Gasteiger partial charge < -0.3 is 5.11 Å². The Labute approximate surface area is 147 Å². The first kappa shape index (κ1) is 18.9. The number of thiazole rings is 1. The number of aromatic nitrogens is 1. The minimum absolute atomic E-state index is 0.0356. The zero-order valence-corrected chi connectivity index (χ0v) is 15.3. The van der Waals surface area contributed by atoms with Gasteiger partial charge in [0.2, 0.25) is 5.91 Å². The van der Waals surface area contributed by atoms with Crippen molar-refractivity contribution < 1.29 is 14.7 Å². The van der Waals surface area contributed by atoms with Gasteiger partial charge in [-0.15, -0.1) is 11.3 Å². The van der Waals surface area contributed by atoms with Crippen molar-refractivity contribution in [3.05, 3.63) is 11.6 Å². The molecule has 1 unspecified atom stereocenters. The molecule has 134 valence electrons. The number of rotatable bonds is 8. The second kappa shape index (κ2) is 9.13. The monoisotopic (exact) mass is 353 g/mol. The van der Waals surface area contributed by atoms with E-state index in [2.05, 4.69) is 4.98 Å². The second-order valence-electron chi connectivity index (χ2n) is 6.35. The Morgan fingerprint density at radius 1 is 1.38 bits per heavy atom. The molecule has 1 aromatic rings. The molecule has 0 aromatic carbocycles. The van der Waals surface area contributed by atoms with Crippen LogP contribution in [-0.2, 0) is 9.59 Å². The summed E-state index contributed by atoms with van der Waals surface area (Å²) in [5, 5.41) is 11.7. The third kappa shape index (κ3) is 4.77. The van der Waals surface area contributed by atoms with Crippen LogP contribution < -0.4 is 4.90 Å². The number of amides is 1. The van der Waals surface area contributed by atoms with Crippen LogP contribution in [0.3, 0.4) is 0 Å². The number of nitrogens with zero attached hydrogens (tertiary/aromatic N) is 3. The van der Waals surface area contributed by atoms with Crippen molar-refractivity contribution in [2.24, 2.45) is 0 Å². The Morgan fingerprint density at radius 2 is 2.08 bits per heavy atom. The number of anilines is 1. The zero-order valence-electron chi connectivity index (χ0n) is 14.5. The van der Waals surface area contributed by atoms with Gasteiger partial charge in [0, 0.05) is 17.6 Å². The number of hydrogen-bond donors (Lipinski definition) is 1. The van der Waals surface area contributed by atoms with Gasteiger partial charge >= 0.3 is 5.97 Å². The molecule has 1 aliphatic rings. The summed E-state index contributed by atoms with van der Waals surface area (Å²) >= 11 is 1.47. The molecule has 0 aliphatic heterocycles. The molecule has 1 amide bonds. The summed E-state index contributed by atoms with van der Waals surface area (Å²) in [5.41, 5.74) is 0. The van der Waals surface area contributed by atoms with E-state index in [-0.39, 0.29) is 18.5 Å². The lowest BCUT2D eigenvalue weighted by molar-refractivity contribution is -0.139. The fourth-order valence-electron chi connectivity index (χ4n) is 3.33. The van der Waals surface area contributed by atoms with Gasteiger partial charge in [0.05, 0.1) is 12.6 Å². The molecule has 1 aromatic heterocycles. The molecule has 0 bridgehead atoms. The summed E-state index contributed by atoms with van der Waals surface area (Å²) < 4.78 is 0. The predicted molar refractivity (Wildman–Crippen MR) is 95.4 cm³/mol.